The molecule has 0 radical (unpaired) electrons. The first-order valence-electron chi connectivity index (χ1n) is 11.5. The van der Waals surface area contributed by atoms with Crippen LogP contribution in [0, 0.1) is 6.92 Å². The van der Waals surface area contributed by atoms with Gasteiger partial charge in [-0.05, 0) is 85.3 Å². The maximum Gasteiger partial charge on any atom is 0.235 e. The van der Waals surface area contributed by atoms with E-state index >= 15 is 0 Å². The van der Waals surface area contributed by atoms with Crippen LogP contribution in [0.3, 0.4) is 0 Å². The average molecular weight is 511 g/mol. The molecule has 0 heterocycles. The van der Waals surface area contributed by atoms with Gasteiger partial charge in [-0.25, -0.2) is 0 Å². The van der Waals surface area contributed by atoms with E-state index in [1.807, 2.05) is 62.4 Å². The van der Waals surface area contributed by atoms with Crippen LogP contribution >= 0.6 is 23.2 Å². The molecule has 0 bridgehead atoms. The average Bonchev–Trinajstić information content (AvgIpc) is 3.65. The molecule has 0 aromatic heterocycles. The van der Waals surface area contributed by atoms with Crippen LogP contribution in [0.15, 0.2) is 60.7 Å². The molecular formula is C28H28Cl2N2O3. The van der Waals surface area contributed by atoms with E-state index in [1.165, 1.54) is 7.11 Å². The SMILES string of the molecule is COCC(=O)C(C)Nc1ccc(-c2cc(NC(=O)C3(c4ccc(Cl)c(Cl)c4)CC3)ccc2C)cc1. The fraction of sp³-hybridized carbons (Fsp3) is 0.286. The summed E-state index contributed by atoms with van der Waals surface area (Å²) in [5.74, 6) is -0.0508. The highest BCUT2D eigenvalue weighted by Crippen LogP contribution is 2.50. The Balaban J connectivity index is 1.50. The first-order chi connectivity index (χ1) is 16.7. The molecule has 2 N–H and O–H groups in total. The van der Waals surface area contributed by atoms with Crippen LogP contribution in [-0.4, -0.2) is 31.4 Å². The van der Waals surface area contributed by atoms with Gasteiger partial charge in [0, 0.05) is 18.5 Å². The zero-order valence-electron chi connectivity index (χ0n) is 20.0. The molecular weight excluding hydrogens is 483 g/mol. The van der Waals surface area contributed by atoms with Crippen molar-refractivity contribution in [1.29, 1.82) is 0 Å². The number of carbonyl (C=O) groups excluding carboxylic acids is 2. The Bertz CT molecular complexity index is 1250. The van der Waals surface area contributed by atoms with Crippen molar-refractivity contribution < 1.29 is 14.3 Å². The minimum Gasteiger partial charge on any atom is -0.377 e. The summed E-state index contributed by atoms with van der Waals surface area (Å²) >= 11 is 12.3. The Morgan fingerprint density at radius 1 is 0.971 bits per heavy atom. The number of rotatable bonds is 9. The number of anilines is 2. The van der Waals surface area contributed by atoms with Gasteiger partial charge in [0.1, 0.15) is 6.61 Å². The molecule has 35 heavy (non-hydrogen) atoms. The van der Waals surface area contributed by atoms with Crippen molar-refractivity contribution in [1.82, 2.24) is 0 Å². The van der Waals surface area contributed by atoms with Gasteiger partial charge in [0.25, 0.3) is 0 Å². The number of ether oxygens (including phenoxy) is 1. The summed E-state index contributed by atoms with van der Waals surface area (Å²) < 4.78 is 4.92. The van der Waals surface area contributed by atoms with E-state index in [0.29, 0.717) is 10.0 Å². The Hall–Kier alpha value is -2.86. The Morgan fingerprint density at radius 2 is 1.66 bits per heavy atom. The fourth-order valence-corrected chi connectivity index (χ4v) is 4.47. The third kappa shape index (κ3) is 5.53. The van der Waals surface area contributed by atoms with Crippen LogP contribution in [0.2, 0.25) is 10.0 Å². The predicted octanol–water partition coefficient (Wildman–Crippen LogP) is 6.66. The van der Waals surface area contributed by atoms with Crippen molar-refractivity contribution in [2.75, 3.05) is 24.4 Å². The lowest BCUT2D eigenvalue weighted by atomic mass is 9.94. The van der Waals surface area contributed by atoms with Gasteiger partial charge in [0.05, 0.1) is 21.5 Å². The highest BCUT2D eigenvalue weighted by molar-refractivity contribution is 6.42. The topological polar surface area (TPSA) is 67.4 Å². The quantitative estimate of drug-likeness (QED) is 0.337. The minimum absolute atomic E-state index is 0.00910. The summed E-state index contributed by atoms with van der Waals surface area (Å²) in [5.41, 5.74) is 5.05. The van der Waals surface area contributed by atoms with Crippen LogP contribution in [0.5, 0.6) is 0 Å². The molecule has 182 valence electrons. The number of methoxy groups -OCH3 is 1. The summed E-state index contributed by atoms with van der Waals surface area (Å²) in [6.45, 7) is 3.93. The van der Waals surface area contributed by atoms with Crippen molar-refractivity contribution in [3.05, 3.63) is 81.8 Å². The minimum atomic E-state index is -0.566. The zero-order valence-corrected chi connectivity index (χ0v) is 21.5. The number of ketones is 1. The third-order valence-corrected chi connectivity index (χ3v) is 7.24. The largest absolute Gasteiger partial charge is 0.377 e. The lowest BCUT2D eigenvalue weighted by Gasteiger charge is -2.18. The summed E-state index contributed by atoms with van der Waals surface area (Å²) in [5, 5.41) is 7.23. The predicted molar refractivity (Wildman–Crippen MR) is 143 cm³/mol. The molecule has 1 fully saturated rings. The number of nitrogens with one attached hydrogen (secondary N) is 2. The van der Waals surface area contributed by atoms with E-state index in [2.05, 4.69) is 10.6 Å². The third-order valence-electron chi connectivity index (χ3n) is 6.50. The molecule has 0 aliphatic heterocycles. The molecule has 1 aliphatic carbocycles. The Morgan fingerprint density at radius 3 is 2.29 bits per heavy atom. The van der Waals surface area contributed by atoms with E-state index in [4.69, 9.17) is 27.9 Å². The number of hydrogen-bond donors (Lipinski definition) is 2. The summed E-state index contributed by atoms with van der Waals surface area (Å²) in [4.78, 5) is 25.2. The number of aryl methyl sites for hydroxylation is 1. The second-order valence-electron chi connectivity index (χ2n) is 9.04. The van der Waals surface area contributed by atoms with Gasteiger partial charge >= 0.3 is 0 Å². The van der Waals surface area contributed by atoms with E-state index in [0.717, 1.165) is 46.5 Å². The zero-order chi connectivity index (χ0) is 25.2. The van der Waals surface area contributed by atoms with Gasteiger partial charge in [0.2, 0.25) is 5.91 Å². The summed E-state index contributed by atoms with van der Waals surface area (Å²) in [6.07, 6.45) is 1.55. The Labute approximate surface area is 215 Å². The second kappa shape index (κ2) is 10.4. The van der Waals surface area contributed by atoms with E-state index in [9.17, 15) is 9.59 Å². The van der Waals surface area contributed by atoms with Crippen LogP contribution < -0.4 is 10.6 Å². The summed E-state index contributed by atoms with van der Waals surface area (Å²) in [7, 11) is 1.51. The van der Waals surface area contributed by atoms with Crippen molar-refractivity contribution in [3.63, 3.8) is 0 Å². The molecule has 3 aromatic rings. The molecule has 5 nitrogen and oxygen atoms in total. The second-order valence-corrected chi connectivity index (χ2v) is 9.85. The van der Waals surface area contributed by atoms with Crippen LogP contribution in [0.25, 0.3) is 11.1 Å². The molecule has 7 heteroatoms. The van der Waals surface area contributed by atoms with Crippen molar-refractivity contribution in [3.8, 4) is 11.1 Å². The molecule has 1 atom stereocenters. The molecule has 1 aliphatic rings. The van der Waals surface area contributed by atoms with Gasteiger partial charge in [0.15, 0.2) is 5.78 Å². The maximum atomic E-state index is 13.2. The molecule has 4 rings (SSSR count). The van der Waals surface area contributed by atoms with Crippen molar-refractivity contribution in [2.24, 2.45) is 0 Å². The molecule has 1 saturated carbocycles. The maximum absolute atomic E-state index is 13.2. The number of carbonyl (C=O) groups is 2. The normalized spacial score (nSPS) is 14.8. The highest BCUT2D eigenvalue weighted by atomic mass is 35.5. The number of halogens is 2. The van der Waals surface area contributed by atoms with Gasteiger partial charge in [-0.15, -0.1) is 0 Å². The number of hydrogen-bond acceptors (Lipinski definition) is 4. The van der Waals surface area contributed by atoms with E-state index in [-0.39, 0.29) is 24.3 Å². The molecule has 1 unspecified atom stereocenters. The Kier molecular flexibility index (Phi) is 7.50. The standard InChI is InChI=1S/C28H28Cl2N2O3/c1-17-4-8-22(32-27(34)28(12-13-28)20-7-11-24(29)25(30)14-20)15-23(17)19-5-9-21(10-6-19)31-18(2)26(33)16-35-3/h4-11,14-15,18,31H,12-13,16H2,1-3H3,(H,32,34). The fourth-order valence-electron chi connectivity index (χ4n) is 4.17. The first-order valence-corrected chi connectivity index (χ1v) is 12.3. The van der Waals surface area contributed by atoms with Gasteiger partial charge < -0.3 is 15.4 Å². The number of amides is 1. The van der Waals surface area contributed by atoms with Gasteiger partial charge in [-0.3, -0.25) is 9.59 Å². The van der Waals surface area contributed by atoms with Crippen LogP contribution in [0.1, 0.15) is 30.9 Å². The number of benzene rings is 3. The lowest BCUT2D eigenvalue weighted by Crippen LogP contribution is -2.29. The molecule has 0 saturated heterocycles. The summed E-state index contributed by atoms with van der Waals surface area (Å²) in [6, 6.07) is 18.9. The van der Waals surface area contributed by atoms with Crippen molar-refractivity contribution >= 4 is 46.3 Å². The van der Waals surface area contributed by atoms with E-state index in [1.54, 1.807) is 12.1 Å². The lowest BCUT2D eigenvalue weighted by molar-refractivity contribution is -0.123. The van der Waals surface area contributed by atoms with E-state index < -0.39 is 5.41 Å². The molecule has 0 spiro atoms. The van der Waals surface area contributed by atoms with Gasteiger partial charge in [-0.1, -0.05) is 47.5 Å². The van der Waals surface area contributed by atoms with Crippen LogP contribution in [-0.2, 0) is 19.7 Å². The molecule has 1 amide bonds. The first kappa shape index (κ1) is 25.2. The number of Topliss-reactive ketones (excluding diaryl/α,β-unsaturated/α-hetero) is 1. The van der Waals surface area contributed by atoms with Crippen LogP contribution in [0.4, 0.5) is 11.4 Å². The van der Waals surface area contributed by atoms with Crippen molar-refractivity contribution in [2.45, 2.75) is 38.1 Å². The molecule has 3 aromatic carbocycles. The smallest absolute Gasteiger partial charge is 0.235 e. The highest BCUT2D eigenvalue weighted by Gasteiger charge is 2.51. The van der Waals surface area contributed by atoms with Gasteiger partial charge in [-0.2, -0.15) is 0 Å². The monoisotopic (exact) mass is 510 g/mol.